The highest BCUT2D eigenvalue weighted by Gasteiger charge is 2.41. The van der Waals surface area contributed by atoms with Crippen molar-refractivity contribution < 1.29 is 9.53 Å². The Bertz CT molecular complexity index is 716. The molecular weight excluding hydrogens is 312 g/mol. The lowest BCUT2D eigenvalue weighted by Crippen LogP contribution is -2.41. The maximum absolute atomic E-state index is 12.3. The van der Waals surface area contributed by atoms with Gasteiger partial charge in [-0.2, -0.15) is 0 Å². The van der Waals surface area contributed by atoms with Crippen LogP contribution in [0.3, 0.4) is 0 Å². The van der Waals surface area contributed by atoms with Crippen LogP contribution in [0.4, 0.5) is 0 Å². The van der Waals surface area contributed by atoms with Crippen molar-refractivity contribution in [2.24, 2.45) is 5.73 Å². The quantitative estimate of drug-likeness (QED) is 0.544. The van der Waals surface area contributed by atoms with Gasteiger partial charge in [-0.1, -0.05) is 48.9 Å². The van der Waals surface area contributed by atoms with Crippen molar-refractivity contribution in [2.75, 3.05) is 6.54 Å². The number of benzene rings is 2. The number of hydrogen-bond donors (Lipinski definition) is 2. The van der Waals surface area contributed by atoms with E-state index in [9.17, 15) is 4.79 Å². The molecule has 2 aromatic carbocycles. The molecule has 1 aliphatic rings. The van der Waals surface area contributed by atoms with Gasteiger partial charge in [-0.3, -0.25) is 4.79 Å². The fourth-order valence-corrected chi connectivity index (χ4v) is 3.38. The van der Waals surface area contributed by atoms with Crippen LogP contribution in [-0.2, 0) is 16.0 Å². The summed E-state index contributed by atoms with van der Waals surface area (Å²) in [5, 5.41) is 5.66. The molecule has 3 unspecified atom stereocenters. The summed E-state index contributed by atoms with van der Waals surface area (Å²) in [5.41, 5.74) is 6.73. The van der Waals surface area contributed by atoms with Crippen LogP contribution in [-0.4, -0.2) is 30.7 Å². The third kappa shape index (κ3) is 5.03. The minimum absolute atomic E-state index is 0.0400. The van der Waals surface area contributed by atoms with Crippen molar-refractivity contribution in [3.8, 4) is 0 Å². The highest BCUT2D eigenvalue weighted by Crippen LogP contribution is 2.27. The Balaban J connectivity index is 1.61. The summed E-state index contributed by atoms with van der Waals surface area (Å²) in [6.07, 6.45) is 4.60. The molecule has 0 bridgehead atoms. The van der Waals surface area contributed by atoms with Crippen molar-refractivity contribution in [3.05, 3.63) is 48.0 Å². The number of rotatable bonds is 9. The summed E-state index contributed by atoms with van der Waals surface area (Å²) < 4.78 is 5.65. The molecule has 134 valence electrons. The van der Waals surface area contributed by atoms with Crippen LogP contribution < -0.4 is 11.1 Å². The predicted octanol–water partition coefficient (Wildman–Crippen LogP) is 3.17. The monoisotopic (exact) mass is 340 g/mol. The molecule has 2 aromatic rings. The van der Waals surface area contributed by atoms with Crippen LogP contribution in [0, 0.1) is 0 Å². The lowest BCUT2D eigenvalue weighted by Gasteiger charge is -2.17. The van der Waals surface area contributed by atoms with E-state index in [2.05, 4.69) is 54.7 Å². The van der Waals surface area contributed by atoms with Crippen LogP contribution >= 0.6 is 0 Å². The second kappa shape index (κ2) is 8.45. The smallest absolute Gasteiger partial charge is 0.220 e. The molecule has 4 heteroatoms. The number of epoxide rings is 1. The van der Waals surface area contributed by atoms with E-state index in [0.717, 1.165) is 25.7 Å². The zero-order chi connectivity index (χ0) is 17.6. The maximum atomic E-state index is 12.3. The standard InChI is InChI=1S/C21H28N2O2/c1-15-21(25-15)19(23-20(24)9-3-2-6-12-22)14-16-10-11-17-7-4-5-8-18(17)13-16/h4-5,7-8,10-11,13,15,19,21H,2-3,6,9,12,14,22H2,1H3,(H,23,24). The van der Waals surface area contributed by atoms with Crippen LogP contribution in [0.2, 0.25) is 0 Å². The van der Waals surface area contributed by atoms with Crippen LogP contribution in [0.25, 0.3) is 10.8 Å². The molecule has 1 heterocycles. The lowest BCUT2D eigenvalue weighted by atomic mass is 9.99. The second-order valence-electron chi connectivity index (χ2n) is 6.96. The third-order valence-corrected chi connectivity index (χ3v) is 4.88. The van der Waals surface area contributed by atoms with Gasteiger partial charge >= 0.3 is 0 Å². The van der Waals surface area contributed by atoms with Gasteiger partial charge in [0, 0.05) is 6.42 Å². The Kier molecular flexibility index (Phi) is 6.05. The summed E-state index contributed by atoms with van der Waals surface area (Å²) >= 11 is 0. The lowest BCUT2D eigenvalue weighted by molar-refractivity contribution is -0.122. The number of ether oxygens (including phenoxy) is 1. The normalized spacial score (nSPS) is 20.4. The van der Waals surface area contributed by atoms with E-state index < -0.39 is 0 Å². The number of hydrogen-bond acceptors (Lipinski definition) is 3. The van der Waals surface area contributed by atoms with Gasteiger partial charge in [0.1, 0.15) is 6.10 Å². The number of nitrogens with one attached hydrogen (secondary N) is 1. The molecule has 0 aromatic heterocycles. The van der Waals surface area contributed by atoms with Gasteiger partial charge in [-0.05, 0) is 49.1 Å². The van der Waals surface area contributed by atoms with Gasteiger partial charge in [0.05, 0.1) is 12.1 Å². The Hall–Kier alpha value is -1.91. The number of carbonyl (C=O) groups excluding carboxylic acids is 1. The Morgan fingerprint density at radius 1 is 1.16 bits per heavy atom. The fraction of sp³-hybridized carbons (Fsp3) is 0.476. The molecule has 4 nitrogen and oxygen atoms in total. The molecule has 0 spiro atoms. The molecule has 3 N–H and O–H groups in total. The first-order chi connectivity index (χ1) is 12.2. The zero-order valence-electron chi connectivity index (χ0n) is 14.9. The first-order valence-corrected chi connectivity index (χ1v) is 9.30. The molecule has 3 atom stereocenters. The number of unbranched alkanes of at least 4 members (excludes halogenated alkanes) is 2. The fourth-order valence-electron chi connectivity index (χ4n) is 3.38. The number of nitrogens with two attached hydrogens (primary N) is 1. The van der Waals surface area contributed by atoms with E-state index >= 15 is 0 Å². The molecule has 0 saturated carbocycles. The first-order valence-electron chi connectivity index (χ1n) is 9.30. The molecule has 3 rings (SSSR count). The van der Waals surface area contributed by atoms with E-state index in [1.807, 2.05) is 0 Å². The van der Waals surface area contributed by atoms with Gasteiger partial charge in [0.25, 0.3) is 0 Å². The molecule has 0 radical (unpaired) electrons. The maximum Gasteiger partial charge on any atom is 0.220 e. The largest absolute Gasteiger partial charge is 0.368 e. The van der Waals surface area contributed by atoms with Gasteiger partial charge in [-0.25, -0.2) is 0 Å². The van der Waals surface area contributed by atoms with Crippen LogP contribution in [0.15, 0.2) is 42.5 Å². The Morgan fingerprint density at radius 3 is 2.64 bits per heavy atom. The molecule has 1 fully saturated rings. The molecule has 25 heavy (non-hydrogen) atoms. The van der Waals surface area contributed by atoms with Gasteiger partial charge in [0.15, 0.2) is 0 Å². The molecule has 1 aliphatic heterocycles. The SMILES string of the molecule is CC1OC1C(Cc1ccc2ccccc2c1)NC(=O)CCCCCN. The Morgan fingerprint density at radius 2 is 1.92 bits per heavy atom. The zero-order valence-corrected chi connectivity index (χ0v) is 14.9. The molecule has 1 amide bonds. The second-order valence-corrected chi connectivity index (χ2v) is 6.96. The van der Waals surface area contributed by atoms with Crippen molar-refractivity contribution >= 4 is 16.7 Å². The van der Waals surface area contributed by atoms with Crippen molar-refractivity contribution in [1.29, 1.82) is 0 Å². The van der Waals surface area contributed by atoms with Gasteiger partial charge < -0.3 is 15.8 Å². The third-order valence-electron chi connectivity index (χ3n) is 4.88. The van der Waals surface area contributed by atoms with Gasteiger partial charge in [0.2, 0.25) is 5.91 Å². The van der Waals surface area contributed by atoms with E-state index in [1.165, 1.54) is 16.3 Å². The Labute approximate surface area is 149 Å². The number of amides is 1. The summed E-state index contributed by atoms with van der Waals surface area (Å²) in [7, 11) is 0. The van der Waals surface area contributed by atoms with Crippen LogP contribution in [0.5, 0.6) is 0 Å². The minimum atomic E-state index is 0.0400. The average Bonchev–Trinajstić information content (AvgIpc) is 3.35. The van der Waals surface area contributed by atoms with E-state index in [0.29, 0.717) is 13.0 Å². The van der Waals surface area contributed by atoms with Gasteiger partial charge in [-0.15, -0.1) is 0 Å². The minimum Gasteiger partial charge on any atom is -0.368 e. The van der Waals surface area contributed by atoms with E-state index in [4.69, 9.17) is 10.5 Å². The van der Waals surface area contributed by atoms with Crippen molar-refractivity contribution in [3.63, 3.8) is 0 Å². The van der Waals surface area contributed by atoms with E-state index in [1.54, 1.807) is 0 Å². The molecular formula is C21H28N2O2. The van der Waals surface area contributed by atoms with Crippen LogP contribution in [0.1, 0.15) is 38.2 Å². The summed E-state index contributed by atoms with van der Waals surface area (Å²) in [4.78, 5) is 12.3. The van der Waals surface area contributed by atoms with Crippen molar-refractivity contribution in [2.45, 2.75) is 57.3 Å². The first kappa shape index (κ1) is 17.9. The summed E-state index contributed by atoms with van der Waals surface area (Å²) in [6.45, 7) is 2.76. The average molecular weight is 340 g/mol. The molecule has 1 saturated heterocycles. The van der Waals surface area contributed by atoms with E-state index in [-0.39, 0.29) is 24.2 Å². The highest BCUT2D eigenvalue weighted by molar-refractivity contribution is 5.83. The number of fused-ring (bicyclic) bond motifs is 1. The summed E-state index contributed by atoms with van der Waals surface area (Å²) in [5.74, 6) is 0.116. The number of carbonyl (C=O) groups is 1. The molecule has 0 aliphatic carbocycles. The topological polar surface area (TPSA) is 67.6 Å². The van der Waals surface area contributed by atoms with Crippen molar-refractivity contribution in [1.82, 2.24) is 5.32 Å². The predicted molar refractivity (Wildman–Crippen MR) is 101 cm³/mol. The summed E-state index contributed by atoms with van der Waals surface area (Å²) in [6, 6.07) is 14.9. The highest BCUT2D eigenvalue weighted by atomic mass is 16.6.